The molecule has 5 aromatic carbocycles. The molecule has 0 atom stereocenters. The second-order valence-corrected chi connectivity index (χ2v) is 13.7. The van der Waals surface area contributed by atoms with Gasteiger partial charge >= 0.3 is 194 Å². The Morgan fingerprint density at radius 2 is 1.16 bits per heavy atom. The van der Waals surface area contributed by atoms with Gasteiger partial charge in [-0.3, -0.25) is 4.55 Å². The standard InChI is InChI=1S/C27H22AsO4.C7H8O3S/c1-18(29)31-23-14-10-21(11-15-23)27(22-12-16-24(17-13-22)32-19(2)30)28-26-9-5-7-20-6-3-4-8-25(20)26;1-6-2-4-7(5-3-6)11(8,9)10/h3-17,27H,1-2H3;2-5H,1H3,(H,8,9,10). The fourth-order valence-electron chi connectivity index (χ4n) is 4.28. The van der Waals surface area contributed by atoms with Crippen molar-refractivity contribution >= 4 is 52.9 Å². The molecule has 0 spiro atoms. The Labute approximate surface area is 257 Å². The van der Waals surface area contributed by atoms with E-state index in [1.54, 1.807) is 12.1 Å². The minimum Gasteiger partial charge on any atom is -0.282 e. The van der Waals surface area contributed by atoms with E-state index < -0.39 is 10.1 Å². The second kappa shape index (κ2) is 14.3. The average molecular weight is 658 g/mol. The van der Waals surface area contributed by atoms with E-state index in [1.165, 1.54) is 41.1 Å². The van der Waals surface area contributed by atoms with Crippen LogP contribution in [0.25, 0.3) is 10.8 Å². The Balaban J connectivity index is 0.000000324. The molecule has 0 aliphatic rings. The van der Waals surface area contributed by atoms with E-state index in [4.69, 9.17) is 14.0 Å². The first-order valence-corrected chi connectivity index (χ1v) is 16.8. The van der Waals surface area contributed by atoms with Crippen molar-refractivity contribution in [3.05, 3.63) is 132 Å². The topological polar surface area (TPSA) is 107 Å². The third kappa shape index (κ3) is 9.13. The van der Waals surface area contributed by atoms with Crippen LogP contribution in [-0.4, -0.2) is 40.7 Å². The van der Waals surface area contributed by atoms with Crippen molar-refractivity contribution in [3.8, 4) is 11.5 Å². The molecule has 1 radical (unpaired) electrons. The van der Waals surface area contributed by atoms with Crippen LogP contribution in [0.5, 0.6) is 11.5 Å². The molecule has 5 rings (SSSR count). The summed E-state index contributed by atoms with van der Waals surface area (Å²) in [5.74, 6) is 0.396. The summed E-state index contributed by atoms with van der Waals surface area (Å²) in [5.41, 5.74) is 3.25. The van der Waals surface area contributed by atoms with Crippen LogP contribution >= 0.6 is 0 Å². The monoisotopic (exact) mass is 657 g/mol. The molecule has 219 valence electrons. The fourth-order valence-corrected chi connectivity index (χ4v) is 7.77. The summed E-state index contributed by atoms with van der Waals surface area (Å²) in [6, 6.07) is 36.3. The van der Waals surface area contributed by atoms with Crippen molar-refractivity contribution < 1.29 is 32.0 Å². The number of carbonyl (C=O) groups excluding carboxylic acids is 2. The maximum atomic E-state index is 11.3. The molecule has 0 saturated heterocycles. The third-order valence-electron chi connectivity index (χ3n) is 6.27. The molecular weight excluding hydrogens is 627 g/mol. The van der Waals surface area contributed by atoms with Crippen LogP contribution in [0.3, 0.4) is 0 Å². The number of hydrogen-bond acceptors (Lipinski definition) is 6. The van der Waals surface area contributed by atoms with Gasteiger partial charge in [0.15, 0.2) is 0 Å². The van der Waals surface area contributed by atoms with Gasteiger partial charge in [-0.15, -0.1) is 0 Å². The minimum atomic E-state index is -4.02. The molecule has 1 N–H and O–H groups in total. The molecular formula is C34H30AsO7S. The molecule has 0 heterocycles. The van der Waals surface area contributed by atoms with Crippen molar-refractivity contribution in [3.63, 3.8) is 0 Å². The SMILES string of the molecule is CC(=O)Oc1ccc(C([As]c2cccc3ccccc23)c2ccc(OC(C)=O)cc2)cc1.Cc1ccc(S(=O)(=O)O)cc1. The van der Waals surface area contributed by atoms with E-state index >= 15 is 0 Å². The van der Waals surface area contributed by atoms with E-state index in [0.29, 0.717) is 11.5 Å². The maximum absolute atomic E-state index is 11.3. The Bertz CT molecular complexity index is 1750. The molecule has 0 bridgehead atoms. The molecule has 5 aromatic rings. The first-order valence-electron chi connectivity index (χ1n) is 13.3. The molecule has 0 aliphatic heterocycles. The van der Waals surface area contributed by atoms with Gasteiger partial charge in [-0.05, 0) is 19.1 Å². The van der Waals surface area contributed by atoms with E-state index in [1.807, 2.05) is 55.5 Å². The zero-order valence-corrected chi connectivity index (χ0v) is 26.5. The number of esters is 2. The van der Waals surface area contributed by atoms with Gasteiger partial charge < -0.3 is 0 Å². The molecule has 0 aromatic heterocycles. The number of carbonyl (C=O) groups is 2. The average Bonchev–Trinajstić information content (AvgIpc) is 2.96. The fraction of sp³-hybridized carbons (Fsp3) is 0.118. The first-order chi connectivity index (χ1) is 20.5. The Morgan fingerprint density at radius 1 is 0.674 bits per heavy atom. The maximum Gasteiger partial charge on any atom is 0.294 e. The van der Waals surface area contributed by atoms with Gasteiger partial charge in [0.2, 0.25) is 0 Å². The summed E-state index contributed by atoms with van der Waals surface area (Å²) in [7, 11) is -4.02. The van der Waals surface area contributed by atoms with E-state index in [0.717, 1.165) is 16.7 Å². The zero-order chi connectivity index (χ0) is 31.0. The van der Waals surface area contributed by atoms with Gasteiger partial charge in [0, 0.05) is 0 Å². The van der Waals surface area contributed by atoms with Crippen LogP contribution in [0, 0.1) is 6.92 Å². The van der Waals surface area contributed by atoms with Gasteiger partial charge in [-0.2, -0.15) is 8.42 Å². The molecule has 0 fully saturated rings. The van der Waals surface area contributed by atoms with Crippen molar-refractivity contribution in [2.75, 3.05) is 0 Å². The zero-order valence-electron chi connectivity index (χ0n) is 23.8. The number of benzene rings is 5. The predicted molar refractivity (Wildman–Crippen MR) is 168 cm³/mol. The van der Waals surface area contributed by atoms with Gasteiger partial charge in [-0.1, -0.05) is 17.7 Å². The van der Waals surface area contributed by atoms with Gasteiger partial charge in [-0.25, -0.2) is 0 Å². The molecule has 9 heteroatoms. The Hall–Kier alpha value is -4.23. The molecule has 43 heavy (non-hydrogen) atoms. The molecule has 0 unspecified atom stereocenters. The van der Waals surface area contributed by atoms with Crippen LogP contribution in [0.15, 0.2) is 120 Å². The summed E-state index contributed by atoms with van der Waals surface area (Å²) >= 11 is -0.282. The number of aryl methyl sites for hydroxylation is 1. The van der Waals surface area contributed by atoms with Crippen molar-refractivity contribution in [2.45, 2.75) is 30.4 Å². The summed E-state index contributed by atoms with van der Waals surface area (Å²) in [6.07, 6.45) is 0. The van der Waals surface area contributed by atoms with Gasteiger partial charge in [0.05, 0.1) is 4.90 Å². The van der Waals surface area contributed by atoms with Gasteiger partial charge in [0.1, 0.15) is 0 Å². The molecule has 0 amide bonds. The Morgan fingerprint density at radius 3 is 1.65 bits per heavy atom. The first kappa shape index (κ1) is 31.7. The number of ether oxygens (including phenoxy) is 2. The Kier molecular flexibility index (Phi) is 10.5. The van der Waals surface area contributed by atoms with E-state index in [9.17, 15) is 18.0 Å². The van der Waals surface area contributed by atoms with Crippen LogP contribution in [-0.2, 0) is 19.7 Å². The van der Waals surface area contributed by atoms with Crippen molar-refractivity contribution in [2.24, 2.45) is 0 Å². The number of fused-ring (bicyclic) bond motifs is 1. The number of rotatable bonds is 7. The smallest absolute Gasteiger partial charge is 0.282 e. The second-order valence-electron chi connectivity index (χ2n) is 9.64. The molecule has 7 nitrogen and oxygen atoms in total. The summed E-state index contributed by atoms with van der Waals surface area (Å²) in [6.45, 7) is 4.63. The quantitative estimate of drug-likeness (QED) is 0.0983. The van der Waals surface area contributed by atoms with Crippen molar-refractivity contribution in [1.82, 2.24) is 0 Å². The van der Waals surface area contributed by atoms with E-state index in [2.05, 4.69) is 42.5 Å². The molecule has 0 saturated carbocycles. The van der Waals surface area contributed by atoms with Crippen LogP contribution < -0.4 is 13.8 Å². The molecule has 0 aliphatic carbocycles. The normalized spacial score (nSPS) is 11.3. The van der Waals surface area contributed by atoms with Crippen LogP contribution in [0.1, 0.15) is 35.2 Å². The van der Waals surface area contributed by atoms with E-state index in [-0.39, 0.29) is 37.3 Å². The van der Waals surface area contributed by atoms with Crippen molar-refractivity contribution in [1.29, 1.82) is 0 Å². The predicted octanol–water partition coefficient (Wildman–Crippen LogP) is 6.05. The summed E-state index contributed by atoms with van der Waals surface area (Å²) < 4.78 is 41.5. The largest absolute Gasteiger partial charge is 0.294 e. The van der Waals surface area contributed by atoms with Crippen LogP contribution in [0.2, 0.25) is 0 Å². The summed E-state index contributed by atoms with van der Waals surface area (Å²) in [5, 5.41) is 2.50. The minimum absolute atomic E-state index is 0.0666. The third-order valence-corrected chi connectivity index (χ3v) is 10.3. The summed E-state index contributed by atoms with van der Waals surface area (Å²) in [4.78, 5) is 22.5. The number of hydrogen-bond donors (Lipinski definition) is 1. The van der Waals surface area contributed by atoms with Gasteiger partial charge in [0.25, 0.3) is 10.1 Å². The van der Waals surface area contributed by atoms with Crippen LogP contribution in [0.4, 0.5) is 0 Å².